The Morgan fingerprint density at radius 1 is 1.32 bits per heavy atom. The molecule has 2 atom stereocenters. The summed E-state index contributed by atoms with van der Waals surface area (Å²) in [6.07, 6.45) is 5.68. The van der Waals surface area contributed by atoms with E-state index in [9.17, 15) is 0 Å². The fourth-order valence-electron chi connectivity index (χ4n) is 3.96. The Kier molecular flexibility index (Phi) is 4.76. The standard InChI is InChI=1S/C18H29N3S/c1-18(2,16-9-6-10-22-16)13-20-17(19-3)21-11-14-7-4-5-8-15(14)12-21/h6,9-10,14-15H,4-5,7-8,11-13H2,1-3H3,(H,19,20). The van der Waals surface area contributed by atoms with Gasteiger partial charge in [-0.25, -0.2) is 0 Å². The molecule has 1 aliphatic heterocycles. The van der Waals surface area contributed by atoms with Crippen LogP contribution >= 0.6 is 11.3 Å². The molecule has 1 saturated carbocycles. The Balaban J connectivity index is 1.59. The van der Waals surface area contributed by atoms with E-state index in [2.05, 4.69) is 46.6 Å². The summed E-state index contributed by atoms with van der Waals surface area (Å²) in [5.41, 5.74) is 0.149. The van der Waals surface area contributed by atoms with Gasteiger partial charge < -0.3 is 10.2 Å². The molecule has 1 N–H and O–H groups in total. The quantitative estimate of drug-likeness (QED) is 0.679. The van der Waals surface area contributed by atoms with Crippen LogP contribution in [0.5, 0.6) is 0 Å². The van der Waals surface area contributed by atoms with E-state index >= 15 is 0 Å². The Hall–Kier alpha value is -1.03. The van der Waals surface area contributed by atoms with Crippen molar-refractivity contribution in [3.8, 4) is 0 Å². The van der Waals surface area contributed by atoms with Crippen molar-refractivity contribution in [2.75, 3.05) is 26.7 Å². The molecule has 22 heavy (non-hydrogen) atoms. The van der Waals surface area contributed by atoms with E-state index in [-0.39, 0.29) is 5.41 Å². The lowest BCUT2D eigenvalue weighted by Gasteiger charge is -2.28. The van der Waals surface area contributed by atoms with E-state index in [1.165, 1.54) is 43.6 Å². The van der Waals surface area contributed by atoms with Crippen LogP contribution in [0.15, 0.2) is 22.5 Å². The first-order chi connectivity index (χ1) is 10.6. The molecule has 1 aliphatic carbocycles. The maximum atomic E-state index is 4.55. The lowest BCUT2D eigenvalue weighted by atomic mass is 9.82. The number of hydrogen-bond acceptors (Lipinski definition) is 2. The number of nitrogens with zero attached hydrogens (tertiary/aromatic N) is 2. The second-order valence-corrected chi connectivity index (χ2v) is 8.42. The summed E-state index contributed by atoms with van der Waals surface area (Å²) in [5.74, 6) is 2.90. The number of fused-ring (bicyclic) bond motifs is 1. The van der Waals surface area contributed by atoms with Crippen molar-refractivity contribution in [2.24, 2.45) is 16.8 Å². The van der Waals surface area contributed by atoms with Gasteiger partial charge in [0, 0.05) is 37.0 Å². The van der Waals surface area contributed by atoms with E-state index in [1.54, 1.807) is 0 Å². The van der Waals surface area contributed by atoms with Crippen molar-refractivity contribution in [3.63, 3.8) is 0 Å². The Morgan fingerprint density at radius 3 is 2.55 bits per heavy atom. The zero-order valence-electron chi connectivity index (χ0n) is 14.1. The number of guanidine groups is 1. The van der Waals surface area contributed by atoms with E-state index in [1.807, 2.05) is 18.4 Å². The maximum absolute atomic E-state index is 4.55. The highest BCUT2D eigenvalue weighted by atomic mass is 32.1. The van der Waals surface area contributed by atoms with Crippen LogP contribution in [0, 0.1) is 11.8 Å². The van der Waals surface area contributed by atoms with Crippen molar-refractivity contribution < 1.29 is 0 Å². The van der Waals surface area contributed by atoms with Gasteiger partial charge in [0.25, 0.3) is 0 Å². The number of thiophene rings is 1. The van der Waals surface area contributed by atoms with E-state index in [0.717, 1.165) is 24.3 Å². The second-order valence-electron chi connectivity index (χ2n) is 7.47. The van der Waals surface area contributed by atoms with Crippen molar-refractivity contribution in [1.82, 2.24) is 10.2 Å². The summed E-state index contributed by atoms with van der Waals surface area (Å²) in [5, 5.41) is 5.80. The van der Waals surface area contributed by atoms with Gasteiger partial charge in [0.1, 0.15) is 0 Å². The topological polar surface area (TPSA) is 27.6 Å². The number of likely N-dealkylation sites (tertiary alicyclic amines) is 1. The van der Waals surface area contributed by atoms with Gasteiger partial charge in [-0.2, -0.15) is 0 Å². The highest BCUT2D eigenvalue weighted by Gasteiger charge is 2.36. The third-order valence-electron chi connectivity index (χ3n) is 5.36. The van der Waals surface area contributed by atoms with Crippen molar-refractivity contribution in [2.45, 2.75) is 44.9 Å². The van der Waals surface area contributed by atoms with Gasteiger partial charge in [-0.15, -0.1) is 11.3 Å². The summed E-state index contributed by atoms with van der Waals surface area (Å²) >= 11 is 1.84. The molecule has 122 valence electrons. The second kappa shape index (κ2) is 6.61. The monoisotopic (exact) mass is 319 g/mol. The van der Waals surface area contributed by atoms with Crippen LogP contribution in [0.3, 0.4) is 0 Å². The third kappa shape index (κ3) is 3.32. The molecule has 0 spiro atoms. The van der Waals surface area contributed by atoms with Crippen LogP contribution in [-0.4, -0.2) is 37.5 Å². The minimum absolute atomic E-state index is 0.149. The molecular weight excluding hydrogens is 290 g/mol. The van der Waals surface area contributed by atoms with E-state index in [4.69, 9.17) is 0 Å². The number of nitrogens with one attached hydrogen (secondary N) is 1. The van der Waals surface area contributed by atoms with Crippen molar-refractivity contribution in [1.29, 1.82) is 0 Å². The molecule has 0 radical (unpaired) electrons. The molecule has 0 aromatic carbocycles. The molecule has 2 heterocycles. The predicted molar refractivity (Wildman–Crippen MR) is 95.7 cm³/mol. The van der Waals surface area contributed by atoms with Crippen LogP contribution in [0.4, 0.5) is 0 Å². The molecular formula is C18H29N3S. The minimum Gasteiger partial charge on any atom is -0.355 e. The van der Waals surface area contributed by atoms with Gasteiger partial charge in [0.05, 0.1) is 0 Å². The summed E-state index contributed by atoms with van der Waals surface area (Å²) in [6.45, 7) is 7.95. The lowest BCUT2D eigenvalue weighted by Crippen LogP contribution is -2.45. The smallest absolute Gasteiger partial charge is 0.193 e. The highest BCUT2D eigenvalue weighted by Crippen LogP contribution is 2.36. The molecule has 1 saturated heterocycles. The average molecular weight is 320 g/mol. The van der Waals surface area contributed by atoms with Crippen LogP contribution in [0.2, 0.25) is 0 Å². The van der Waals surface area contributed by atoms with Crippen molar-refractivity contribution >= 4 is 17.3 Å². The molecule has 4 heteroatoms. The van der Waals surface area contributed by atoms with Gasteiger partial charge in [-0.1, -0.05) is 32.8 Å². The van der Waals surface area contributed by atoms with Gasteiger partial charge in [0.2, 0.25) is 0 Å². The van der Waals surface area contributed by atoms with Gasteiger partial charge in [-0.05, 0) is 36.1 Å². The normalized spacial score (nSPS) is 26.1. The molecule has 2 unspecified atom stereocenters. The summed E-state index contributed by atoms with van der Waals surface area (Å²) in [4.78, 5) is 8.47. The fourth-order valence-corrected chi connectivity index (χ4v) is 4.81. The van der Waals surface area contributed by atoms with Crippen LogP contribution in [0.1, 0.15) is 44.4 Å². The van der Waals surface area contributed by atoms with Gasteiger partial charge >= 0.3 is 0 Å². The minimum atomic E-state index is 0.149. The van der Waals surface area contributed by atoms with E-state index < -0.39 is 0 Å². The van der Waals surface area contributed by atoms with Crippen molar-refractivity contribution in [3.05, 3.63) is 22.4 Å². The lowest BCUT2D eigenvalue weighted by molar-refractivity contribution is 0.299. The first-order valence-corrected chi connectivity index (χ1v) is 9.48. The zero-order chi connectivity index (χ0) is 15.6. The molecule has 0 bridgehead atoms. The molecule has 2 fully saturated rings. The largest absolute Gasteiger partial charge is 0.355 e. The molecule has 1 aromatic rings. The number of aliphatic imine (C=N–C) groups is 1. The third-order valence-corrected chi connectivity index (χ3v) is 6.60. The number of rotatable bonds is 3. The Labute approximate surface area is 138 Å². The average Bonchev–Trinajstić information content (AvgIpc) is 3.17. The molecule has 2 aliphatic rings. The molecule has 1 aromatic heterocycles. The molecule has 3 nitrogen and oxygen atoms in total. The SMILES string of the molecule is CN=C(NCC(C)(C)c1cccs1)N1CC2CCCCC2C1. The molecule has 3 rings (SSSR count). The Bertz CT molecular complexity index is 492. The number of hydrogen-bond donors (Lipinski definition) is 1. The highest BCUT2D eigenvalue weighted by molar-refractivity contribution is 7.10. The van der Waals surface area contributed by atoms with Gasteiger partial charge in [-0.3, -0.25) is 4.99 Å². The summed E-state index contributed by atoms with van der Waals surface area (Å²) in [6, 6.07) is 4.38. The molecule has 0 amide bonds. The summed E-state index contributed by atoms with van der Waals surface area (Å²) in [7, 11) is 1.92. The van der Waals surface area contributed by atoms with Crippen LogP contribution in [0.25, 0.3) is 0 Å². The Morgan fingerprint density at radius 2 is 2.00 bits per heavy atom. The maximum Gasteiger partial charge on any atom is 0.193 e. The van der Waals surface area contributed by atoms with Crippen LogP contribution in [-0.2, 0) is 5.41 Å². The van der Waals surface area contributed by atoms with E-state index in [0.29, 0.717) is 0 Å². The predicted octanol–water partition coefficient (Wildman–Crippen LogP) is 3.72. The fraction of sp³-hybridized carbons (Fsp3) is 0.722. The first-order valence-electron chi connectivity index (χ1n) is 8.60. The first kappa shape index (κ1) is 15.9. The zero-order valence-corrected chi connectivity index (χ0v) is 15.0. The van der Waals surface area contributed by atoms with Gasteiger partial charge in [0.15, 0.2) is 5.96 Å². The summed E-state index contributed by atoms with van der Waals surface area (Å²) < 4.78 is 0. The van der Waals surface area contributed by atoms with Crippen LogP contribution < -0.4 is 5.32 Å².